The number of rotatable bonds is 6. The monoisotopic (exact) mass is 374 g/mol. The van der Waals surface area contributed by atoms with Crippen LogP contribution in [-0.4, -0.2) is 12.1 Å². The van der Waals surface area contributed by atoms with Gasteiger partial charge >= 0.3 is 0 Å². The number of halogens is 2. The lowest BCUT2D eigenvalue weighted by molar-refractivity contribution is 0.170. The van der Waals surface area contributed by atoms with Gasteiger partial charge in [-0.25, -0.2) is 0 Å². The van der Waals surface area contributed by atoms with Gasteiger partial charge in [-0.05, 0) is 53.2 Å². The molecule has 1 aromatic carbocycles. The number of nitrogens with two attached hydrogens (primary N) is 1. The predicted octanol–water partition coefficient (Wildman–Crippen LogP) is 4.01. The molecule has 0 fully saturated rings. The number of hydrogen-bond donors (Lipinski definition) is 2. The van der Waals surface area contributed by atoms with Crippen LogP contribution >= 0.6 is 38.9 Å². The van der Waals surface area contributed by atoms with E-state index in [0.717, 1.165) is 16.0 Å². The van der Waals surface area contributed by atoms with Crippen molar-refractivity contribution in [2.24, 2.45) is 5.84 Å². The molecule has 0 aliphatic carbocycles. The van der Waals surface area contributed by atoms with E-state index >= 15 is 0 Å². The summed E-state index contributed by atoms with van der Waals surface area (Å²) in [7, 11) is 0. The Morgan fingerprint density at radius 1 is 1.40 bits per heavy atom. The average Bonchev–Trinajstić information content (AvgIpc) is 2.81. The van der Waals surface area contributed by atoms with Crippen LogP contribution in [0.25, 0.3) is 0 Å². The molecule has 0 spiro atoms. The summed E-state index contributed by atoms with van der Waals surface area (Å²) >= 11 is 11.1. The quantitative estimate of drug-likeness (QED) is 0.592. The second-order valence-corrected chi connectivity index (χ2v) is 7.45. The van der Waals surface area contributed by atoms with Crippen molar-refractivity contribution in [1.82, 2.24) is 5.43 Å². The summed E-state index contributed by atoms with van der Waals surface area (Å²) in [6, 6.07) is 11.5. The molecule has 1 aromatic heterocycles. The topological polar surface area (TPSA) is 47.3 Å². The maximum Gasteiger partial charge on any atom is 0.121 e. The number of hydrazine groups is 1. The Kier molecular flexibility index (Phi) is 5.86. The van der Waals surface area contributed by atoms with Gasteiger partial charge in [-0.15, -0.1) is 11.3 Å². The minimum absolute atomic E-state index is 0.0273. The van der Waals surface area contributed by atoms with Crippen molar-refractivity contribution in [3.05, 3.63) is 50.1 Å². The highest BCUT2D eigenvalue weighted by atomic mass is 79.9. The predicted molar refractivity (Wildman–Crippen MR) is 88.4 cm³/mol. The van der Waals surface area contributed by atoms with Crippen molar-refractivity contribution in [1.29, 1.82) is 0 Å². The Morgan fingerprint density at radius 2 is 2.20 bits per heavy atom. The second-order valence-electron chi connectivity index (χ2n) is 4.46. The van der Waals surface area contributed by atoms with Crippen molar-refractivity contribution in [3.8, 4) is 5.75 Å². The van der Waals surface area contributed by atoms with Gasteiger partial charge in [0, 0.05) is 16.3 Å². The number of thiophene rings is 1. The van der Waals surface area contributed by atoms with Crippen LogP contribution in [0.3, 0.4) is 0 Å². The molecule has 3 N–H and O–H groups in total. The van der Waals surface area contributed by atoms with Crippen molar-refractivity contribution in [2.75, 3.05) is 0 Å². The molecule has 0 amide bonds. The van der Waals surface area contributed by atoms with Crippen LogP contribution in [0.5, 0.6) is 5.75 Å². The van der Waals surface area contributed by atoms with E-state index in [1.54, 1.807) is 17.4 Å². The molecule has 0 saturated carbocycles. The molecular formula is C14H16BrClN2OS. The lowest BCUT2D eigenvalue weighted by Crippen LogP contribution is -2.46. The normalized spacial score (nSPS) is 14.0. The molecule has 0 saturated heterocycles. The third-order valence-electron chi connectivity index (χ3n) is 2.95. The van der Waals surface area contributed by atoms with E-state index in [2.05, 4.69) is 27.4 Å². The van der Waals surface area contributed by atoms with Crippen molar-refractivity contribution in [3.63, 3.8) is 0 Å². The fraction of sp³-hybridized carbons (Fsp3) is 0.286. The molecule has 1 heterocycles. The largest absolute Gasteiger partial charge is 0.489 e. The van der Waals surface area contributed by atoms with E-state index in [9.17, 15) is 0 Å². The summed E-state index contributed by atoms with van der Waals surface area (Å²) in [5.74, 6) is 6.40. The highest BCUT2D eigenvalue weighted by molar-refractivity contribution is 9.11. The summed E-state index contributed by atoms with van der Waals surface area (Å²) in [4.78, 5) is 1.25. The first-order valence-corrected chi connectivity index (χ1v) is 8.20. The first-order chi connectivity index (χ1) is 9.58. The van der Waals surface area contributed by atoms with Gasteiger partial charge in [0.25, 0.3) is 0 Å². The van der Waals surface area contributed by atoms with Crippen molar-refractivity contribution >= 4 is 38.9 Å². The molecule has 6 heteroatoms. The van der Waals surface area contributed by atoms with Crippen molar-refractivity contribution < 1.29 is 4.74 Å². The first-order valence-electron chi connectivity index (χ1n) is 6.21. The van der Waals surface area contributed by atoms with E-state index < -0.39 is 0 Å². The minimum atomic E-state index is -0.0701. The minimum Gasteiger partial charge on any atom is -0.489 e. The SMILES string of the molecule is CC(Oc1cccc(Cl)c1)C(Cc1ccc(Br)s1)NN. The first kappa shape index (κ1) is 15.8. The Morgan fingerprint density at radius 3 is 2.80 bits per heavy atom. The van der Waals surface area contributed by atoms with Crippen LogP contribution in [0.4, 0.5) is 0 Å². The molecule has 0 radical (unpaired) electrons. The van der Waals surface area contributed by atoms with Gasteiger partial charge < -0.3 is 4.74 Å². The maximum atomic E-state index is 5.95. The van der Waals surface area contributed by atoms with Gasteiger partial charge in [0.15, 0.2) is 0 Å². The Hall–Kier alpha value is -0.590. The van der Waals surface area contributed by atoms with Gasteiger partial charge in [-0.2, -0.15) is 0 Å². The van der Waals surface area contributed by atoms with Crippen LogP contribution in [-0.2, 0) is 6.42 Å². The van der Waals surface area contributed by atoms with Gasteiger partial charge in [0.2, 0.25) is 0 Å². The van der Waals surface area contributed by atoms with Crippen LogP contribution in [0.15, 0.2) is 40.2 Å². The third kappa shape index (κ3) is 4.46. The van der Waals surface area contributed by atoms with E-state index in [1.807, 2.05) is 31.2 Å². The zero-order valence-corrected chi connectivity index (χ0v) is 14.1. The summed E-state index contributed by atoms with van der Waals surface area (Å²) in [6.45, 7) is 1.99. The Bertz CT molecular complexity index is 564. The molecule has 0 bridgehead atoms. The lowest BCUT2D eigenvalue weighted by atomic mass is 10.1. The number of benzene rings is 1. The highest BCUT2D eigenvalue weighted by Crippen LogP contribution is 2.24. The Labute approximate surface area is 136 Å². The number of nitrogens with one attached hydrogen (secondary N) is 1. The molecule has 0 aliphatic rings. The molecule has 2 atom stereocenters. The molecule has 0 aliphatic heterocycles. The number of hydrogen-bond acceptors (Lipinski definition) is 4. The average molecular weight is 376 g/mol. The van der Waals surface area contributed by atoms with Gasteiger partial charge in [0.05, 0.1) is 9.83 Å². The summed E-state index contributed by atoms with van der Waals surface area (Å²) in [5.41, 5.74) is 2.83. The molecule has 20 heavy (non-hydrogen) atoms. The smallest absolute Gasteiger partial charge is 0.121 e. The maximum absolute atomic E-state index is 5.95. The molecule has 2 aromatic rings. The van der Waals surface area contributed by atoms with E-state index in [-0.39, 0.29) is 12.1 Å². The molecule has 3 nitrogen and oxygen atoms in total. The number of ether oxygens (including phenoxy) is 1. The highest BCUT2D eigenvalue weighted by Gasteiger charge is 2.19. The summed E-state index contributed by atoms with van der Waals surface area (Å²) in [6.07, 6.45) is 0.744. The van der Waals surface area contributed by atoms with Crippen LogP contribution < -0.4 is 16.0 Å². The second kappa shape index (κ2) is 7.43. The van der Waals surface area contributed by atoms with E-state index in [1.165, 1.54) is 4.88 Å². The molecule has 108 valence electrons. The van der Waals surface area contributed by atoms with Crippen LogP contribution in [0, 0.1) is 0 Å². The molecular weight excluding hydrogens is 360 g/mol. The standard InChI is InChI=1S/C14H16BrClN2OS/c1-9(19-11-4-2-3-10(16)7-11)13(18-17)8-12-5-6-14(15)20-12/h2-7,9,13,18H,8,17H2,1H3. The lowest BCUT2D eigenvalue weighted by Gasteiger charge is -2.24. The zero-order valence-electron chi connectivity index (χ0n) is 11.0. The Balaban J connectivity index is 1.99. The fourth-order valence-electron chi connectivity index (χ4n) is 1.88. The fourth-order valence-corrected chi connectivity index (χ4v) is 3.60. The third-order valence-corrected chi connectivity index (χ3v) is 4.83. The van der Waals surface area contributed by atoms with Crippen LogP contribution in [0.1, 0.15) is 11.8 Å². The van der Waals surface area contributed by atoms with Crippen LogP contribution in [0.2, 0.25) is 5.02 Å². The zero-order chi connectivity index (χ0) is 14.5. The van der Waals surface area contributed by atoms with E-state index in [4.69, 9.17) is 22.2 Å². The van der Waals surface area contributed by atoms with E-state index in [0.29, 0.717) is 5.02 Å². The van der Waals surface area contributed by atoms with Crippen molar-refractivity contribution in [2.45, 2.75) is 25.5 Å². The van der Waals surface area contributed by atoms with Gasteiger partial charge in [-0.3, -0.25) is 11.3 Å². The van der Waals surface area contributed by atoms with Gasteiger partial charge in [-0.1, -0.05) is 17.7 Å². The summed E-state index contributed by atoms with van der Waals surface area (Å²) < 4.78 is 7.01. The van der Waals surface area contributed by atoms with Gasteiger partial charge in [0.1, 0.15) is 11.9 Å². The molecule has 2 rings (SSSR count). The molecule has 2 unspecified atom stereocenters. The summed E-state index contributed by atoms with van der Waals surface area (Å²) in [5, 5.41) is 0.661.